The summed E-state index contributed by atoms with van der Waals surface area (Å²) in [7, 11) is 0. The Morgan fingerprint density at radius 2 is 2.08 bits per heavy atom. The van der Waals surface area contributed by atoms with Gasteiger partial charge in [-0.25, -0.2) is 0 Å². The molecule has 1 unspecified atom stereocenters. The van der Waals surface area contributed by atoms with Crippen molar-refractivity contribution in [3.8, 4) is 0 Å². The highest BCUT2D eigenvalue weighted by atomic mass is 16.3. The lowest BCUT2D eigenvalue weighted by Crippen LogP contribution is -2.46. The van der Waals surface area contributed by atoms with Crippen LogP contribution in [0.25, 0.3) is 0 Å². The SMILES string of the molecule is CCCC(C)N[C@H]1CCCC[C@@H]1O. The molecule has 1 fully saturated rings. The van der Waals surface area contributed by atoms with Crippen molar-refractivity contribution in [1.29, 1.82) is 0 Å². The monoisotopic (exact) mass is 185 g/mol. The van der Waals surface area contributed by atoms with E-state index < -0.39 is 0 Å². The van der Waals surface area contributed by atoms with Gasteiger partial charge < -0.3 is 10.4 Å². The van der Waals surface area contributed by atoms with Gasteiger partial charge in [0, 0.05) is 12.1 Å². The molecule has 1 saturated carbocycles. The number of hydrogen-bond donors (Lipinski definition) is 2. The molecule has 0 heterocycles. The van der Waals surface area contributed by atoms with Crippen LogP contribution in [0.1, 0.15) is 52.4 Å². The van der Waals surface area contributed by atoms with Crippen molar-refractivity contribution < 1.29 is 5.11 Å². The summed E-state index contributed by atoms with van der Waals surface area (Å²) in [6, 6.07) is 0.915. The molecule has 13 heavy (non-hydrogen) atoms. The maximum atomic E-state index is 9.72. The van der Waals surface area contributed by atoms with E-state index in [0.29, 0.717) is 12.1 Å². The van der Waals surface area contributed by atoms with Crippen LogP contribution in [0.4, 0.5) is 0 Å². The Hall–Kier alpha value is -0.0800. The van der Waals surface area contributed by atoms with Gasteiger partial charge in [0.25, 0.3) is 0 Å². The van der Waals surface area contributed by atoms with E-state index in [-0.39, 0.29) is 6.10 Å². The van der Waals surface area contributed by atoms with Gasteiger partial charge in [-0.1, -0.05) is 26.2 Å². The van der Waals surface area contributed by atoms with Crippen LogP contribution >= 0.6 is 0 Å². The molecular weight excluding hydrogens is 162 g/mol. The summed E-state index contributed by atoms with van der Waals surface area (Å²) in [4.78, 5) is 0. The molecule has 0 saturated heterocycles. The van der Waals surface area contributed by atoms with E-state index >= 15 is 0 Å². The summed E-state index contributed by atoms with van der Waals surface area (Å²) in [5, 5.41) is 13.2. The Labute approximate surface area is 81.7 Å². The molecule has 1 aliphatic carbocycles. The first-order valence-electron chi connectivity index (χ1n) is 5.68. The number of hydrogen-bond acceptors (Lipinski definition) is 2. The third kappa shape index (κ3) is 3.65. The second-order valence-electron chi connectivity index (χ2n) is 4.31. The highest BCUT2D eigenvalue weighted by molar-refractivity contribution is 4.82. The van der Waals surface area contributed by atoms with Gasteiger partial charge in [-0.3, -0.25) is 0 Å². The van der Waals surface area contributed by atoms with Crippen LogP contribution in [-0.2, 0) is 0 Å². The lowest BCUT2D eigenvalue weighted by atomic mass is 9.92. The molecule has 0 bridgehead atoms. The lowest BCUT2D eigenvalue weighted by Gasteiger charge is -2.31. The average Bonchev–Trinajstić information content (AvgIpc) is 2.09. The van der Waals surface area contributed by atoms with Crippen LogP contribution in [0.3, 0.4) is 0 Å². The van der Waals surface area contributed by atoms with Gasteiger partial charge in [-0.2, -0.15) is 0 Å². The Morgan fingerprint density at radius 3 is 2.69 bits per heavy atom. The first-order valence-corrected chi connectivity index (χ1v) is 5.68. The summed E-state index contributed by atoms with van der Waals surface area (Å²) < 4.78 is 0. The Bertz CT molecular complexity index is 138. The molecule has 0 aromatic carbocycles. The Morgan fingerprint density at radius 1 is 1.38 bits per heavy atom. The molecule has 0 aliphatic heterocycles. The van der Waals surface area contributed by atoms with E-state index in [1.165, 1.54) is 25.7 Å². The second-order valence-corrected chi connectivity index (χ2v) is 4.31. The van der Waals surface area contributed by atoms with Gasteiger partial charge >= 0.3 is 0 Å². The van der Waals surface area contributed by atoms with Crippen molar-refractivity contribution in [2.45, 2.75) is 70.6 Å². The minimum Gasteiger partial charge on any atom is -0.392 e. The fourth-order valence-electron chi connectivity index (χ4n) is 2.19. The van der Waals surface area contributed by atoms with Gasteiger partial charge in [0.2, 0.25) is 0 Å². The highest BCUT2D eigenvalue weighted by Crippen LogP contribution is 2.19. The maximum absolute atomic E-state index is 9.72. The van der Waals surface area contributed by atoms with E-state index in [0.717, 1.165) is 12.8 Å². The topological polar surface area (TPSA) is 32.3 Å². The van der Waals surface area contributed by atoms with Crippen LogP contribution in [0.2, 0.25) is 0 Å². The van der Waals surface area contributed by atoms with E-state index in [9.17, 15) is 5.11 Å². The predicted octanol–water partition coefficient (Wildman–Crippen LogP) is 2.07. The molecule has 0 aromatic rings. The van der Waals surface area contributed by atoms with Crippen molar-refractivity contribution in [1.82, 2.24) is 5.32 Å². The molecular formula is C11H23NO. The Balaban J connectivity index is 2.25. The predicted molar refractivity (Wildman–Crippen MR) is 55.8 cm³/mol. The average molecular weight is 185 g/mol. The molecule has 3 atom stereocenters. The van der Waals surface area contributed by atoms with Crippen LogP contribution in [0.5, 0.6) is 0 Å². The van der Waals surface area contributed by atoms with Crippen LogP contribution in [0, 0.1) is 0 Å². The van der Waals surface area contributed by atoms with Crippen LogP contribution < -0.4 is 5.32 Å². The van der Waals surface area contributed by atoms with E-state index in [4.69, 9.17) is 0 Å². The number of aliphatic hydroxyl groups is 1. The molecule has 78 valence electrons. The lowest BCUT2D eigenvalue weighted by molar-refractivity contribution is 0.0853. The summed E-state index contributed by atoms with van der Waals surface area (Å²) in [5.74, 6) is 0. The summed E-state index contributed by atoms with van der Waals surface area (Å²) in [6.07, 6.45) is 6.93. The minimum absolute atomic E-state index is 0.104. The minimum atomic E-state index is -0.104. The van der Waals surface area contributed by atoms with Gasteiger partial charge in [0.05, 0.1) is 6.10 Å². The molecule has 2 nitrogen and oxygen atoms in total. The number of aliphatic hydroxyl groups excluding tert-OH is 1. The van der Waals surface area contributed by atoms with Crippen molar-refractivity contribution in [2.24, 2.45) is 0 Å². The fraction of sp³-hybridized carbons (Fsp3) is 1.00. The first kappa shape index (κ1) is 11.0. The zero-order chi connectivity index (χ0) is 9.68. The van der Waals surface area contributed by atoms with E-state index in [1.54, 1.807) is 0 Å². The smallest absolute Gasteiger partial charge is 0.0693 e. The van der Waals surface area contributed by atoms with Crippen molar-refractivity contribution >= 4 is 0 Å². The third-order valence-corrected chi connectivity index (χ3v) is 2.95. The zero-order valence-electron chi connectivity index (χ0n) is 8.92. The van der Waals surface area contributed by atoms with Crippen LogP contribution in [-0.4, -0.2) is 23.3 Å². The van der Waals surface area contributed by atoms with Crippen molar-refractivity contribution in [2.75, 3.05) is 0 Å². The molecule has 0 spiro atoms. The van der Waals surface area contributed by atoms with Gasteiger partial charge in [0.1, 0.15) is 0 Å². The Kier molecular flexibility index (Phi) is 4.74. The number of nitrogens with one attached hydrogen (secondary N) is 1. The second kappa shape index (κ2) is 5.61. The zero-order valence-corrected chi connectivity index (χ0v) is 8.92. The summed E-state index contributed by atoms with van der Waals surface area (Å²) in [5.41, 5.74) is 0. The quantitative estimate of drug-likeness (QED) is 0.702. The standard InChI is InChI=1S/C11H23NO/c1-3-6-9(2)12-10-7-4-5-8-11(10)13/h9-13H,3-8H2,1-2H3/t9?,10-,11-/m0/s1. The van der Waals surface area contributed by atoms with Crippen molar-refractivity contribution in [3.05, 3.63) is 0 Å². The molecule has 1 aliphatic rings. The van der Waals surface area contributed by atoms with Crippen molar-refractivity contribution in [3.63, 3.8) is 0 Å². The molecule has 0 amide bonds. The fourth-order valence-corrected chi connectivity index (χ4v) is 2.19. The molecule has 0 aromatic heterocycles. The van der Waals surface area contributed by atoms with Gasteiger partial charge in [0.15, 0.2) is 0 Å². The molecule has 0 radical (unpaired) electrons. The molecule has 2 N–H and O–H groups in total. The molecule has 1 rings (SSSR count). The summed E-state index contributed by atoms with van der Waals surface area (Å²) >= 11 is 0. The molecule has 2 heteroatoms. The number of rotatable bonds is 4. The first-order chi connectivity index (χ1) is 6.24. The third-order valence-electron chi connectivity index (χ3n) is 2.95. The van der Waals surface area contributed by atoms with E-state index in [2.05, 4.69) is 19.2 Å². The maximum Gasteiger partial charge on any atom is 0.0693 e. The highest BCUT2D eigenvalue weighted by Gasteiger charge is 2.23. The van der Waals surface area contributed by atoms with Gasteiger partial charge in [-0.05, 0) is 26.2 Å². The normalized spacial score (nSPS) is 31.6. The van der Waals surface area contributed by atoms with E-state index in [1.807, 2.05) is 0 Å². The van der Waals surface area contributed by atoms with Gasteiger partial charge in [-0.15, -0.1) is 0 Å². The van der Waals surface area contributed by atoms with Crippen LogP contribution in [0.15, 0.2) is 0 Å². The largest absolute Gasteiger partial charge is 0.392 e. The summed E-state index contributed by atoms with van der Waals surface area (Å²) in [6.45, 7) is 4.42.